The standard InChI is InChI=1S/C18H25ClFNO2S/c1-4-5-6-7-17(22)21-16-8-13(14(19)10-15(16)20)9-18(24)23-11-12(2)3/h8,10,12H,4-7,9,11H2,1-3H3,(H,21,22). The highest BCUT2D eigenvalue weighted by atomic mass is 35.5. The Kier molecular flexibility index (Phi) is 9.22. The van der Waals surface area contributed by atoms with Gasteiger partial charge >= 0.3 is 0 Å². The number of hydrogen-bond donors (Lipinski definition) is 1. The molecular formula is C18H25ClFNO2S. The zero-order chi connectivity index (χ0) is 18.1. The van der Waals surface area contributed by atoms with Crippen molar-refractivity contribution in [3.8, 4) is 0 Å². The van der Waals surface area contributed by atoms with Gasteiger partial charge in [-0.05, 0) is 42.3 Å². The molecule has 0 aromatic heterocycles. The minimum atomic E-state index is -0.554. The van der Waals surface area contributed by atoms with E-state index >= 15 is 0 Å². The Bertz CT molecular complexity index is 578. The van der Waals surface area contributed by atoms with Crippen LogP contribution in [0.3, 0.4) is 0 Å². The molecule has 0 aliphatic heterocycles. The maximum absolute atomic E-state index is 14.0. The van der Waals surface area contributed by atoms with Gasteiger partial charge in [-0.25, -0.2) is 4.39 Å². The van der Waals surface area contributed by atoms with Gasteiger partial charge in [-0.3, -0.25) is 4.79 Å². The van der Waals surface area contributed by atoms with Crippen LogP contribution in [0.15, 0.2) is 12.1 Å². The first kappa shape index (κ1) is 20.8. The summed E-state index contributed by atoms with van der Waals surface area (Å²) >= 11 is 11.3. The molecule has 0 bridgehead atoms. The highest BCUT2D eigenvalue weighted by Gasteiger charge is 2.13. The molecule has 0 aliphatic carbocycles. The predicted molar refractivity (Wildman–Crippen MR) is 101 cm³/mol. The van der Waals surface area contributed by atoms with E-state index in [0.29, 0.717) is 36.0 Å². The number of rotatable bonds is 9. The third-order valence-electron chi connectivity index (χ3n) is 3.33. The van der Waals surface area contributed by atoms with Crippen LogP contribution in [0.25, 0.3) is 0 Å². The molecule has 1 aromatic carbocycles. The van der Waals surface area contributed by atoms with E-state index in [1.807, 2.05) is 13.8 Å². The first-order valence-electron chi connectivity index (χ1n) is 8.26. The molecule has 0 atom stereocenters. The Hall–Kier alpha value is -1.20. The summed E-state index contributed by atoms with van der Waals surface area (Å²) in [7, 11) is 0. The lowest BCUT2D eigenvalue weighted by atomic mass is 10.1. The van der Waals surface area contributed by atoms with Crippen molar-refractivity contribution in [2.45, 2.75) is 52.9 Å². The van der Waals surface area contributed by atoms with Crippen molar-refractivity contribution in [3.63, 3.8) is 0 Å². The number of anilines is 1. The Morgan fingerprint density at radius 1 is 1.38 bits per heavy atom. The van der Waals surface area contributed by atoms with Gasteiger partial charge in [-0.15, -0.1) is 0 Å². The van der Waals surface area contributed by atoms with E-state index in [4.69, 9.17) is 28.6 Å². The fraction of sp³-hybridized carbons (Fsp3) is 0.556. The number of benzene rings is 1. The van der Waals surface area contributed by atoms with Crippen LogP contribution in [-0.4, -0.2) is 17.6 Å². The molecule has 1 amide bonds. The summed E-state index contributed by atoms with van der Waals surface area (Å²) < 4.78 is 19.5. The second kappa shape index (κ2) is 10.6. The molecule has 0 heterocycles. The summed E-state index contributed by atoms with van der Waals surface area (Å²) in [5.41, 5.74) is 0.762. The van der Waals surface area contributed by atoms with Gasteiger partial charge in [0, 0.05) is 17.9 Å². The van der Waals surface area contributed by atoms with Gasteiger partial charge < -0.3 is 10.1 Å². The Labute approximate surface area is 153 Å². The quantitative estimate of drug-likeness (QED) is 0.456. The average Bonchev–Trinajstić information content (AvgIpc) is 2.50. The third-order valence-corrected chi connectivity index (χ3v) is 3.94. The summed E-state index contributed by atoms with van der Waals surface area (Å²) in [6.45, 7) is 6.64. The largest absolute Gasteiger partial charge is 0.486 e. The van der Waals surface area contributed by atoms with Crippen molar-refractivity contribution < 1.29 is 13.9 Å². The van der Waals surface area contributed by atoms with Crippen molar-refractivity contribution in [1.82, 2.24) is 0 Å². The zero-order valence-corrected chi connectivity index (χ0v) is 16.0. The molecule has 0 radical (unpaired) electrons. The monoisotopic (exact) mass is 373 g/mol. The number of ether oxygens (including phenoxy) is 1. The fourth-order valence-corrected chi connectivity index (χ4v) is 2.48. The van der Waals surface area contributed by atoms with Crippen LogP contribution in [0.1, 0.15) is 52.0 Å². The van der Waals surface area contributed by atoms with Crippen LogP contribution in [-0.2, 0) is 16.0 Å². The van der Waals surface area contributed by atoms with E-state index in [1.54, 1.807) is 0 Å². The average molecular weight is 374 g/mol. The van der Waals surface area contributed by atoms with E-state index < -0.39 is 5.82 Å². The molecule has 24 heavy (non-hydrogen) atoms. The first-order valence-corrected chi connectivity index (χ1v) is 9.05. The second-order valence-electron chi connectivity index (χ2n) is 6.18. The number of hydrogen-bond acceptors (Lipinski definition) is 3. The minimum Gasteiger partial charge on any atom is -0.486 e. The number of thiocarbonyl (C=S) groups is 1. The third kappa shape index (κ3) is 7.58. The lowest BCUT2D eigenvalue weighted by molar-refractivity contribution is -0.116. The Balaban J connectivity index is 2.74. The molecule has 0 aliphatic rings. The molecular weight excluding hydrogens is 349 g/mol. The predicted octanol–water partition coefficient (Wildman–Crippen LogP) is 5.54. The van der Waals surface area contributed by atoms with Gasteiger partial charge in [-0.2, -0.15) is 0 Å². The molecule has 1 aromatic rings. The molecule has 0 spiro atoms. The van der Waals surface area contributed by atoms with Crippen LogP contribution in [0.4, 0.5) is 10.1 Å². The summed E-state index contributed by atoms with van der Waals surface area (Å²) in [5, 5.41) is 3.27. The minimum absolute atomic E-state index is 0.127. The smallest absolute Gasteiger partial charge is 0.224 e. The highest BCUT2D eigenvalue weighted by Crippen LogP contribution is 2.25. The molecule has 0 fully saturated rings. The summed E-state index contributed by atoms with van der Waals surface area (Å²) in [6, 6.07) is 2.73. The lowest BCUT2D eigenvalue weighted by Gasteiger charge is -2.13. The van der Waals surface area contributed by atoms with Crippen LogP contribution >= 0.6 is 23.8 Å². The number of amides is 1. The molecule has 134 valence electrons. The van der Waals surface area contributed by atoms with Crippen LogP contribution in [0.2, 0.25) is 5.02 Å². The van der Waals surface area contributed by atoms with Gasteiger partial charge in [0.05, 0.1) is 12.3 Å². The maximum atomic E-state index is 14.0. The van der Waals surface area contributed by atoms with Gasteiger partial charge in [0.1, 0.15) is 5.82 Å². The normalized spacial score (nSPS) is 10.8. The number of carbonyl (C=O) groups is 1. The van der Waals surface area contributed by atoms with Crippen LogP contribution < -0.4 is 5.32 Å². The van der Waals surface area contributed by atoms with Crippen LogP contribution in [0.5, 0.6) is 0 Å². The van der Waals surface area contributed by atoms with E-state index in [9.17, 15) is 9.18 Å². The molecule has 3 nitrogen and oxygen atoms in total. The van der Waals surface area contributed by atoms with Crippen molar-refractivity contribution >= 4 is 40.5 Å². The van der Waals surface area contributed by atoms with E-state index in [1.165, 1.54) is 12.1 Å². The molecule has 1 rings (SSSR count). The number of carbonyl (C=O) groups excluding carboxylic acids is 1. The van der Waals surface area contributed by atoms with Crippen molar-refractivity contribution in [1.29, 1.82) is 0 Å². The van der Waals surface area contributed by atoms with Crippen molar-refractivity contribution in [2.24, 2.45) is 5.92 Å². The van der Waals surface area contributed by atoms with E-state index in [0.717, 1.165) is 19.3 Å². The van der Waals surface area contributed by atoms with Gasteiger partial charge in [0.25, 0.3) is 0 Å². The van der Waals surface area contributed by atoms with Crippen molar-refractivity contribution in [3.05, 3.63) is 28.5 Å². The summed E-state index contributed by atoms with van der Waals surface area (Å²) in [4.78, 5) is 11.9. The van der Waals surface area contributed by atoms with Crippen molar-refractivity contribution in [2.75, 3.05) is 11.9 Å². The molecule has 1 N–H and O–H groups in total. The Morgan fingerprint density at radius 3 is 2.71 bits per heavy atom. The summed E-state index contributed by atoms with van der Waals surface area (Å²) in [5.74, 6) is -0.388. The summed E-state index contributed by atoms with van der Waals surface area (Å²) in [6.07, 6.45) is 3.47. The molecule has 0 unspecified atom stereocenters. The molecule has 0 saturated carbocycles. The van der Waals surface area contributed by atoms with Gasteiger partial charge in [0.2, 0.25) is 5.91 Å². The van der Waals surface area contributed by atoms with E-state index in [-0.39, 0.29) is 16.6 Å². The van der Waals surface area contributed by atoms with Gasteiger partial charge in [0.15, 0.2) is 5.05 Å². The number of nitrogens with one attached hydrogen (secondary N) is 1. The maximum Gasteiger partial charge on any atom is 0.224 e. The van der Waals surface area contributed by atoms with Crippen LogP contribution in [0, 0.1) is 11.7 Å². The second-order valence-corrected chi connectivity index (χ2v) is 7.04. The SMILES string of the molecule is CCCCCC(=O)Nc1cc(CC(=S)OCC(C)C)c(Cl)cc1F. The molecule has 0 saturated heterocycles. The zero-order valence-electron chi connectivity index (χ0n) is 14.5. The topological polar surface area (TPSA) is 38.3 Å². The number of halogens is 2. The highest BCUT2D eigenvalue weighted by molar-refractivity contribution is 7.80. The first-order chi connectivity index (χ1) is 11.3. The Morgan fingerprint density at radius 2 is 2.08 bits per heavy atom. The molecule has 6 heteroatoms. The van der Waals surface area contributed by atoms with E-state index in [2.05, 4.69) is 12.2 Å². The number of unbranched alkanes of at least 4 members (excludes halogenated alkanes) is 2. The van der Waals surface area contributed by atoms with Gasteiger partial charge in [-0.1, -0.05) is 45.2 Å². The lowest BCUT2D eigenvalue weighted by Crippen LogP contribution is -2.14. The fourth-order valence-electron chi connectivity index (χ4n) is 2.04.